The van der Waals surface area contributed by atoms with Crippen LogP contribution in [0.5, 0.6) is 0 Å². The van der Waals surface area contributed by atoms with Crippen molar-refractivity contribution < 1.29 is 9.59 Å². The van der Waals surface area contributed by atoms with Crippen LogP contribution in [0.25, 0.3) is 11.3 Å². The molecule has 7 heteroatoms. The lowest BCUT2D eigenvalue weighted by atomic mass is 9.97. The molecule has 35 heavy (non-hydrogen) atoms. The molecule has 174 valence electrons. The van der Waals surface area contributed by atoms with Crippen molar-refractivity contribution in [3.05, 3.63) is 107 Å². The smallest absolute Gasteiger partial charge is 0.254 e. The Morgan fingerprint density at radius 2 is 1.51 bits per heavy atom. The van der Waals surface area contributed by atoms with Crippen LogP contribution in [0, 0.1) is 6.92 Å². The summed E-state index contributed by atoms with van der Waals surface area (Å²) in [7, 11) is 0. The summed E-state index contributed by atoms with van der Waals surface area (Å²) in [5, 5.41) is 8.73. The molecule has 1 amide bonds. The van der Waals surface area contributed by atoms with Gasteiger partial charge >= 0.3 is 0 Å². The summed E-state index contributed by atoms with van der Waals surface area (Å²) in [6, 6.07) is 22.2. The summed E-state index contributed by atoms with van der Waals surface area (Å²) in [6.07, 6.45) is 3.48. The highest BCUT2D eigenvalue weighted by atomic mass is 16.2. The van der Waals surface area contributed by atoms with E-state index in [1.165, 1.54) is 0 Å². The van der Waals surface area contributed by atoms with Crippen molar-refractivity contribution >= 4 is 17.5 Å². The molecule has 1 aliphatic rings. The molecule has 7 nitrogen and oxygen atoms in total. The maximum Gasteiger partial charge on any atom is 0.254 e. The van der Waals surface area contributed by atoms with Crippen molar-refractivity contribution in [1.29, 1.82) is 0 Å². The van der Waals surface area contributed by atoms with Gasteiger partial charge in [-0.1, -0.05) is 48.0 Å². The fourth-order valence-electron chi connectivity index (χ4n) is 4.20. The number of nitrogens with zero attached hydrogens (tertiary/aromatic N) is 5. The SMILES string of the molecule is Cc1ccc(C(=O)c2ccccc2C(=O)N2CCN(c3ccc(-c4cccnc4)nn3)CC2)cc1. The molecule has 0 spiro atoms. The van der Waals surface area contributed by atoms with E-state index in [0.717, 1.165) is 22.6 Å². The second-order valence-electron chi connectivity index (χ2n) is 8.54. The molecule has 0 atom stereocenters. The number of hydrogen-bond acceptors (Lipinski definition) is 6. The first-order valence-electron chi connectivity index (χ1n) is 11.6. The van der Waals surface area contributed by atoms with E-state index in [9.17, 15) is 9.59 Å². The van der Waals surface area contributed by atoms with Crippen LogP contribution in [-0.4, -0.2) is 58.0 Å². The molecule has 0 bridgehead atoms. The van der Waals surface area contributed by atoms with Crippen molar-refractivity contribution in [3.8, 4) is 11.3 Å². The third-order valence-electron chi connectivity index (χ3n) is 6.21. The number of benzene rings is 2. The van der Waals surface area contributed by atoms with Gasteiger partial charge in [0.2, 0.25) is 0 Å². The van der Waals surface area contributed by atoms with Crippen LogP contribution in [0.1, 0.15) is 31.8 Å². The van der Waals surface area contributed by atoms with Gasteiger partial charge in [0.1, 0.15) is 0 Å². The molecule has 1 fully saturated rings. The van der Waals surface area contributed by atoms with Gasteiger partial charge in [-0.3, -0.25) is 14.6 Å². The van der Waals surface area contributed by atoms with E-state index < -0.39 is 0 Å². The maximum absolute atomic E-state index is 13.4. The Balaban J connectivity index is 1.27. The summed E-state index contributed by atoms with van der Waals surface area (Å²) in [5.41, 5.74) is 4.22. The van der Waals surface area contributed by atoms with E-state index in [2.05, 4.69) is 20.1 Å². The van der Waals surface area contributed by atoms with Gasteiger partial charge in [0.05, 0.1) is 11.3 Å². The molecule has 0 aliphatic carbocycles. The van der Waals surface area contributed by atoms with Crippen LogP contribution in [0.3, 0.4) is 0 Å². The van der Waals surface area contributed by atoms with Gasteiger partial charge in [0, 0.05) is 55.3 Å². The minimum atomic E-state index is -0.142. The molecular weight excluding hydrogens is 438 g/mol. The molecule has 0 N–H and O–H groups in total. The second kappa shape index (κ2) is 9.85. The van der Waals surface area contributed by atoms with Crippen LogP contribution in [0.4, 0.5) is 5.82 Å². The normalized spacial score (nSPS) is 13.5. The fraction of sp³-hybridized carbons (Fsp3) is 0.179. The number of anilines is 1. The fourth-order valence-corrected chi connectivity index (χ4v) is 4.20. The molecule has 1 aliphatic heterocycles. The van der Waals surface area contributed by atoms with E-state index in [-0.39, 0.29) is 11.7 Å². The summed E-state index contributed by atoms with van der Waals surface area (Å²) >= 11 is 0. The molecule has 0 saturated carbocycles. The first-order valence-corrected chi connectivity index (χ1v) is 11.6. The van der Waals surface area contributed by atoms with Gasteiger partial charge in [-0.2, -0.15) is 0 Å². The highest BCUT2D eigenvalue weighted by Crippen LogP contribution is 2.21. The molecule has 0 unspecified atom stereocenters. The highest BCUT2D eigenvalue weighted by Gasteiger charge is 2.26. The average Bonchev–Trinajstić information content (AvgIpc) is 2.93. The zero-order valence-electron chi connectivity index (χ0n) is 19.5. The molecule has 3 heterocycles. The topological polar surface area (TPSA) is 79.3 Å². The Labute approximate surface area is 204 Å². The van der Waals surface area contributed by atoms with E-state index in [0.29, 0.717) is 42.9 Å². The largest absolute Gasteiger partial charge is 0.352 e. The molecule has 0 radical (unpaired) electrons. The lowest BCUT2D eigenvalue weighted by molar-refractivity contribution is 0.0742. The predicted octanol–water partition coefficient (Wildman–Crippen LogP) is 4.04. The number of amides is 1. The summed E-state index contributed by atoms with van der Waals surface area (Å²) in [5.74, 6) is 0.509. The Bertz CT molecular complexity index is 1330. The molecule has 2 aromatic heterocycles. The van der Waals surface area contributed by atoms with Crippen LogP contribution < -0.4 is 4.90 Å². The summed E-state index contributed by atoms with van der Waals surface area (Å²) < 4.78 is 0. The van der Waals surface area contributed by atoms with Gasteiger partial charge < -0.3 is 9.80 Å². The maximum atomic E-state index is 13.4. The van der Waals surface area contributed by atoms with E-state index in [1.807, 2.05) is 43.3 Å². The van der Waals surface area contributed by atoms with Gasteiger partial charge in [-0.05, 0) is 37.3 Å². The first-order chi connectivity index (χ1) is 17.1. The van der Waals surface area contributed by atoms with Gasteiger partial charge in [-0.15, -0.1) is 10.2 Å². The lowest BCUT2D eigenvalue weighted by Crippen LogP contribution is -2.49. The third-order valence-corrected chi connectivity index (χ3v) is 6.21. The molecular formula is C28H25N5O2. The Hall–Kier alpha value is -4.39. The number of piperazine rings is 1. The Kier molecular flexibility index (Phi) is 6.30. The Morgan fingerprint density at radius 3 is 2.17 bits per heavy atom. The number of aromatic nitrogens is 3. The highest BCUT2D eigenvalue weighted by molar-refractivity contribution is 6.15. The number of carbonyl (C=O) groups is 2. The van der Waals surface area contributed by atoms with Crippen molar-refractivity contribution in [1.82, 2.24) is 20.1 Å². The van der Waals surface area contributed by atoms with Gasteiger partial charge in [0.15, 0.2) is 11.6 Å². The van der Waals surface area contributed by atoms with Crippen molar-refractivity contribution in [3.63, 3.8) is 0 Å². The number of carbonyl (C=O) groups excluding carboxylic acids is 2. The standard InChI is InChI=1S/C28H25N5O2/c1-20-8-10-21(11-9-20)27(34)23-6-2-3-7-24(23)28(35)33-17-15-32(16-18-33)26-13-12-25(30-31-26)22-5-4-14-29-19-22/h2-14,19H,15-18H2,1H3. The van der Waals surface area contributed by atoms with E-state index in [4.69, 9.17) is 0 Å². The molecule has 4 aromatic rings. The van der Waals surface area contributed by atoms with Crippen molar-refractivity contribution in [2.24, 2.45) is 0 Å². The second-order valence-corrected chi connectivity index (χ2v) is 8.54. The zero-order chi connectivity index (χ0) is 24.2. The van der Waals surface area contributed by atoms with Crippen molar-refractivity contribution in [2.75, 3.05) is 31.1 Å². The summed E-state index contributed by atoms with van der Waals surface area (Å²) in [4.78, 5) is 34.6. The van der Waals surface area contributed by atoms with E-state index in [1.54, 1.807) is 53.7 Å². The molecule has 1 saturated heterocycles. The van der Waals surface area contributed by atoms with Crippen LogP contribution >= 0.6 is 0 Å². The number of ketones is 1. The van der Waals surface area contributed by atoms with Crippen molar-refractivity contribution in [2.45, 2.75) is 6.92 Å². The van der Waals surface area contributed by atoms with Crippen LogP contribution in [0.15, 0.2) is 85.2 Å². The number of rotatable bonds is 5. The predicted molar refractivity (Wildman–Crippen MR) is 134 cm³/mol. The minimum Gasteiger partial charge on any atom is -0.352 e. The zero-order valence-corrected chi connectivity index (χ0v) is 19.5. The van der Waals surface area contributed by atoms with Gasteiger partial charge in [0.25, 0.3) is 5.91 Å². The first kappa shape index (κ1) is 22.4. The Morgan fingerprint density at radius 1 is 0.771 bits per heavy atom. The van der Waals surface area contributed by atoms with Gasteiger partial charge in [-0.25, -0.2) is 0 Å². The summed E-state index contributed by atoms with van der Waals surface area (Å²) in [6.45, 7) is 4.34. The lowest BCUT2D eigenvalue weighted by Gasteiger charge is -2.35. The number of aryl methyl sites for hydroxylation is 1. The number of pyridine rings is 1. The average molecular weight is 464 g/mol. The minimum absolute atomic E-state index is 0.126. The molecule has 2 aromatic carbocycles. The molecule has 5 rings (SSSR count). The monoisotopic (exact) mass is 463 g/mol. The van der Waals surface area contributed by atoms with E-state index >= 15 is 0 Å². The number of hydrogen-bond donors (Lipinski definition) is 0. The van der Waals surface area contributed by atoms with Crippen LogP contribution in [-0.2, 0) is 0 Å². The quantitative estimate of drug-likeness (QED) is 0.416. The third kappa shape index (κ3) is 4.80. The van der Waals surface area contributed by atoms with Crippen LogP contribution in [0.2, 0.25) is 0 Å².